The molecule has 0 heterocycles. The molecule has 2 N–H and O–H groups in total. The maximum absolute atomic E-state index is 11.2. The maximum Gasteiger partial charge on any atom is 0.314 e. The van der Waals surface area contributed by atoms with Crippen molar-refractivity contribution < 1.29 is 24.5 Å². The Morgan fingerprint density at radius 3 is 2.35 bits per heavy atom. The predicted molar refractivity (Wildman–Crippen MR) is 59.8 cm³/mol. The fourth-order valence-corrected chi connectivity index (χ4v) is 1.97. The minimum atomic E-state index is -0.871. The minimum absolute atomic E-state index is 0.102. The third-order valence-electron chi connectivity index (χ3n) is 3.17. The van der Waals surface area contributed by atoms with Gasteiger partial charge in [-0.1, -0.05) is 0 Å². The fraction of sp³-hybridized carbons (Fsp3) is 0.417. The standard InChI is InChI=1S/C12H14O5/c1-16-9-6-7(5-8(13)10(9)17-2)12(3-4-12)11(14)15/h5-6,13H,3-4H2,1-2H3,(H,14,15). The molecule has 0 aliphatic heterocycles. The molecule has 5 heteroatoms. The molecule has 1 aromatic carbocycles. The Morgan fingerprint density at radius 1 is 1.29 bits per heavy atom. The summed E-state index contributed by atoms with van der Waals surface area (Å²) in [5, 5.41) is 19.0. The van der Waals surface area contributed by atoms with Gasteiger partial charge < -0.3 is 19.7 Å². The van der Waals surface area contributed by atoms with Gasteiger partial charge in [0.25, 0.3) is 0 Å². The van der Waals surface area contributed by atoms with Crippen molar-refractivity contribution >= 4 is 5.97 Å². The van der Waals surface area contributed by atoms with Crippen LogP contribution in [0, 0.1) is 0 Å². The van der Waals surface area contributed by atoms with Crippen molar-refractivity contribution in [2.75, 3.05) is 14.2 Å². The number of phenolic OH excluding ortho intramolecular Hbond substituents is 1. The van der Waals surface area contributed by atoms with E-state index in [1.165, 1.54) is 20.3 Å². The summed E-state index contributed by atoms with van der Waals surface area (Å²) in [5.41, 5.74) is -0.308. The van der Waals surface area contributed by atoms with Crippen LogP contribution in [0.5, 0.6) is 17.2 Å². The monoisotopic (exact) mass is 238 g/mol. The average Bonchev–Trinajstić information content (AvgIpc) is 3.08. The molecule has 0 atom stereocenters. The molecule has 1 aliphatic carbocycles. The molecule has 0 radical (unpaired) electrons. The number of carbonyl (C=O) groups is 1. The number of hydrogen-bond acceptors (Lipinski definition) is 4. The predicted octanol–water partition coefficient (Wildman–Crippen LogP) is 1.53. The number of methoxy groups -OCH3 is 2. The zero-order chi connectivity index (χ0) is 12.6. The Balaban J connectivity index is 2.51. The van der Waals surface area contributed by atoms with E-state index in [1.54, 1.807) is 6.07 Å². The molecular formula is C12H14O5. The lowest BCUT2D eigenvalue weighted by molar-refractivity contribution is -0.140. The van der Waals surface area contributed by atoms with Crippen molar-refractivity contribution in [3.05, 3.63) is 17.7 Å². The minimum Gasteiger partial charge on any atom is -0.504 e. The largest absolute Gasteiger partial charge is 0.504 e. The Bertz CT molecular complexity index is 462. The van der Waals surface area contributed by atoms with Gasteiger partial charge in [0.15, 0.2) is 11.5 Å². The van der Waals surface area contributed by atoms with Crippen LogP contribution in [0.25, 0.3) is 0 Å². The zero-order valence-corrected chi connectivity index (χ0v) is 9.69. The molecule has 0 saturated heterocycles. The summed E-state index contributed by atoms with van der Waals surface area (Å²) in [6.45, 7) is 0. The molecule has 17 heavy (non-hydrogen) atoms. The van der Waals surface area contributed by atoms with Gasteiger partial charge in [-0.3, -0.25) is 4.79 Å². The van der Waals surface area contributed by atoms with Crippen LogP contribution in [-0.2, 0) is 10.2 Å². The number of carboxylic acid groups (broad SMARTS) is 1. The molecule has 92 valence electrons. The van der Waals surface area contributed by atoms with Crippen LogP contribution in [0.2, 0.25) is 0 Å². The molecule has 0 spiro atoms. The van der Waals surface area contributed by atoms with Gasteiger partial charge in [-0.2, -0.15) is 0 Å². The summed E-state index contributed by atoms with van der Waals surface area (Å²) in [5.74, 6) is -0.411. The summed E-state index contributed by atoms with van der Waals surface area (Å²) in [7, 11) is 2.86. The van der Waals surface area contributed by atoms with Crippen LogP contribution in [0.4, 0.5) is 0 Å². The second-order valence-electron chi connectivity index (χ2n) is 4.12. The van der Waals surface area contributed by atoms with Crippen molar-refractivity contribution in [3.63, 3.8) is 0 Å². The summed E-state index contributed by atoms with van der Waals surface area (Å²) in [6, 6.07) is 3.04. The molecule has 0 bridgehead atoms. The van der Waals surface area contributed by atoms with E-state index in [2.05, 4.69) is 0 Å². The van der Waals surface area contributed by atoms with E-state index in [-0.39, 0.29) is 11.5 Å². The Morgan fingerprint density at radius 2 is 1.94 bits per heavy atom. The van der Waals surface area contributed by atoms with Gasteiger partial charge in [-0.25, -0.2) is 0 Å². The third-order valence-corrected chi connectivity index (χ3v) is 3.17. The van der Waals surface area contributed by atoms with Gasteiger partial charge in [-0.05, 0) is 30.5 Å². The van der Waals surface area contributed by atoms with Crippen molar-refractivity contribution in [3.8, 4) is 17.2 Å². The Kier molecular flexibility index (Phi) is 2.61. The van der Waals surface area contributed by atoms with Crippen LogP contribution < -0.4 is 9.47 Å². The first kappa shape index (κ1) is 11.6. The second-order valence-corrected chi connectivity index (χ2v) is 4.12. The quantitative estimate of drug-likeness (QED) is 0.831. The van der Waals surface area contributed by atoms with Crippen molar-refractivity contribution in [1.29, 1.82) is 0 Å². The number of aliphatic carboxylic acids is 1. The Labute approximate surface area is 98.6 Å². The van der Waals surface area contributed by atoms with Crippen molar-refractivity contribution in [1.82, 2.24) is 0 Å². The average molecular weight is 238 g/mol. The highest BCUT2D eigenvalue weighted by molar-refractivity contribution is 5.85. The molecule has 0 unspecified atom stereocenters. The van der Waals surface area contributed by atoms with Gasteiger partial charge in [0.2, 0.25) is 5.75 Å². The van der Waals surface area contributed by atoms with Gasteiger partial charge in [-0.15, -0.1) is 0 Å². The molecule has 1 fully saturated rings. The molecule has 1 aliphatic rings. The van der Waals surface area contributed by atoms with Crippen LogP contribution in [0.15, 0.2) is 12.1 Å². The summed E-state index contributed by atoms with van der Waals surface area (Å²) in [6.07, 6.45) is 1.16. The SMILES string of the molecule is COc1cc(C2(C(=O)O)CC2)cc(O)c1OC. The summed E-state index contributed by atoms with van der Waals surface area (Å²) < 4.78 is 10.1. The van der Waals surface area contributed by atoms with E-state index >= 15 is 0 Å². The molecular weight excluding hydrogens is 224 g/mol. The number of hydrogen-bond donors (Lipinski definition) is 2. The first-order valence-corrected chi connectivity index (χ1v) is 5.24. The topological polar surface area (TPSA) is 76.0 Å². The Hall–Kier alpha value is -1.91. The fourth-order valence-electron chi connectivity index (χ4n) is 1.97. The number of ether oxygens (including phenoxy) is 2. The van der Waals surface area contributed by atoms with Crippen LogP contribution >= 0.6 is 0 Å². The highest BCUT2D eigenvalue weighted by Gasteiger charge is 2.52. The van der Waals surface area contributed by atoms with E-state index in [0.29, 0.717) is 24.2 Å². The van der Waals surface area contributed by atoms with E-state index < -0.39 is 11.4 Å². The van der Waals surface area contributed by atoms with Gasteiger partial charge in [0.05, 0.1) is 19.6 Å². The van der Waals surface area contributed by atoms with E-state index in [4.69, 9.17) is 9.47 Å². The normalized spacial score (nSPS) is 16.4. The van der Waals surface area contributed by atoms with Crippen LogP contribution in [0.1, 0.15) is 18.4 Å². The van der Waals surface area contributed by atoms with Crippen molar-refractivity contribution in [2.45, 2.75) is 18.3 Å². The first-order valence-electron chi connectivity index (χ1n) is 5.24. The molecule has 5 nitrogen and oxygen atoms in total. The first-order chi connectivity index (χ1) is 8.05. The van der Waals surface area contributed by atoms with E-state index in [9.17, 15) is 15.0 Å². The molecule has 0 aromatic heterocycles. The van der Waals surface area contributed by atoms with E-state index in [1.807, 2.05) is 0 Å². The van der Waals surface area contributed by atoms with Crippen molar-refractivity contribution in [2.24, 2.45) is 0 Å². The van der Waals surface area contributed by atoms with Gasteiger partial charge in [0.1, 0.15) is 0 Å². The van der Waals surface area contributed by atoms with Crippen LogP contribution in [0.3, 0.4) is 0 Å². The van der Waals surface area contributed by atoms with Gasteiger partial charge in [0, 0.05) is 0 Å². The van der Waals surface area contributed by atoms with Gasteiger partial charge >= 0.3 is 5.97 Å². The van der Waals surface area contributed by atoms with Crippen LogP contribution in [-0.4, -0.2) is 30.4 Å². The molecule has 1 saturated carbocycles. The highest BCUT2D eigenvalue weighted by atomic mass is 16.5. The molecule has 0 amide bonds. The number of aromatic hydroxyl groups is 1. The summed E-state index contributed by atoms with van der Waals surface area (Å²) >= 11 is 0. The van der Waals surface area contributed by atoms with E-state index in [0.717, 1.165) is 0 Å². The number of benzene rings is 1. The lowest BCUT2D eigenvalue weighted by Gasteiger charge is -2.15. The third kappa shape index (κ3) is 1.67. The highest BCUT2D eigenvalue weighted by Crippen LogP contribution is 2.51. The zero-order valence-electron chi connectivity index (χ0n) is 9.69. The summed E-state index contributed by atoms with van der Waals surface area (Å²) in [4.78, 5) is 11.2. The second kappa shape index (κ2) is 3.84. The maximum atomic E-state index is 11.2. The molecule has 1 aromatic rings. The smallest absolute Gasteiger partial charge is 0.314 e. The lowest BCUT2D eigenvalue weighted by atomic mass is 9.95. The number of rotatable bonds is 4. The lowest BCUT2D eigenvalue weighted by Crippen LogP contribution is -2.19. The number of phenols is 1. The number of carboxylic acids is 1. The molecule has 2 rings (SSSR count).